The predicted octanol–water partition coefficient (Wildman–Crippen LogP) is 15.9. The van der Waals surface area contributed by atoms with E-state index in [0.717, 1.165) is 39.0 Å². The Hall–Kier alpha value is -6.68. The van der Waals surface area contributed by atoms with Crippen LogP contribution in [0.5, 0.6) is 11.5 Å². The Bertz CT molecular complexity index is 3240. The van der Waals surface area contributed by atoms with Crippen LogP contribution in [0.3, 0.4) is 0 Å². The molecule has 0 unspecified atom stereocenters. The number of anilines is 2. The van der Waals surface area contributed by atoms with E-state index in [-0.39, 0.29) is 42.7 Å². The molecule has 10 rings (SSSR count). The molecule has 3 heterocycles. The van der Waals surface area contributed by atoms with E-state index >= 15 is 0 Å². The number of para-hydroxylation sites is 1. The Morgan fingerprint density at radius 3 is 1.64 bits per heavy atom. The number of allylic oxidation sites excluding steroid dienone is 1. The van der Waals surface area contributed by atoms with Crippen LogP contribution < -0.4 is 14.5 Å². The first kappa shape index (κ1) is 47.4. The molecule has 0 N–H and O–H groups in total. The van der Waals surface area contributed by atoms with Crippen molar-refractivity contribution in [3.63, 3.8) is 0 Å². The van der Waals surface area contributed by atoms with Crippen molar-refractivity contribution in [1.82, 2.24) is 9.55 Å². The number of ether oxygens (including phenoxy) is 1. The van der Waals surface area contributed by atoms with E-state index in [9.17, 15) is 0 Å². The minimum atomic E-state index is -0.252. The molecule has 0 spiro atoms. The third-order valence-corrected chi connectivity index (χ3v) is 14.2. The van der Waals surface area contributed by atoms with Crippen LogP contribution in [0, 0.1) is 24.2 Å². The van der Waals surface area contributed by atoms with Crippen molar-refractivity contribution in [3.05, 3.63) is 246 Å². The zero-order valence-electron chi connectivity index (χ0n) is 41.0. The second-order valence-electron chi connectivity index (χ2n) is 20.7. The van der Waals surface area contributed by atoms with Gasteiger partial charge in [-0.05, 0) is 75.3 Å². The molecule has 0 aliphatic carbocycles. The first-order chi connectivity index (χ1) is 32.6. The summed E-state index contributed by atoms with van der Waals surface area (Å²) in [5, 5.41) is 2.22. The van der Waals surface area contributed by atoms with Crippen molar-refractivity contribution >= 4 is 33.2 Å². The topological polar surface area (TPSA) is 33.5 Å². The summed E-state index contributed by atoms with van der Waals surface area (Å²) in [5.74, 6) is 2.03. The molecule has 0 fully saturated rings. The molecule has 69 heavy (non-hydrogen) atoms. The molecule has 6 heteroatoms. The van der Waals surface area contributed by atoms with Gasteiger partial charge in [-0.25, -0.2) is 4.98 Å². The molecular formula is C63H59N4OPt-3. The summed E-state index contributed by atoms with van der Waals surface area (Å²) >= 11 is 0. The molecule has 0 radical (unpaired) electrons. The second-order valence-corrected chi connectivity index (χ2v) is 20.7. The fourth-order valence-electron chi connectivity index (χ4n) is 9.71. The van der Waals surface area contributed by atoms with Crippen molar-refractivity contribution in [2.45, 2.75) is 78.6 Å². The SMILES string of the molecule is CC(C)(C)C1=CN(c2[c-]c(Oc3[c-]c4c(cc3)c3ccccc3n4-c3cc(C(C)(C)c4ccccc4)ccn3)ccc2)[CH-]N1c1cc(C(C)(C)c2ccccc2)cc(C(C)(C)c2ccccc2)c1.[Pt]. The van der Waals surface area contributed by atoms with E-state index in [1.807, 2.05) is 24.4 Å². The van der Waals surface area contributed by atoms with Gasteiger partial charge in [-0.2, -0.15) is 12.1 Å². The summed E-state index contributed by atoms with van der Waals surface area (Å²) in [5.41, 5.74) is 11.7. The van der Waals surface area contributed by atoms with Crippen molar-refractivity contribution in [2.75, 3.05) is 9.80 Å². The van der Waals surface area contributed by atoms with Gasteiger partial charge in [-0.1, -0.05) is 183 Å². The quantitative estimate of drug-likeness (QED) is 0.121. The van der Waals surface area contributed by atoms with Gasteiger partial charge in [0.1, 0.15) is 5.82 Å². The molecule has 7 aromatic carbocycles. The van der Waals surface area contributed by atoms with Crippen LogP contribution in [0.2, 0.25) is 0 Å². The monoisotopic (exact) mass is 1080 g/mol. The molecule has 0 bridgehead atoms. The molecule has 1 aliphatic heterocycles. The summed E-state index contributed by atoms with van der Waals surface area (Å²) in [6.45, 7) is 22.9. The van der Waals surface area contributed by atoms with Gasteiger partial charge in [-0.3, -0.25) is 0 Å². The fraction of sp³-hybridized carbons (Fsp3) is 0.206. The van der Waals surface area contributed by atoms with Crippen LogP contribution in [0.4, 0.5) is 11.4 Å². The number of hydrogen-bond donors (Lipinski definition) is 0. The number of nitrogens with zero attached hydrogens (tertiary/aromatic N) is 4. The van der Waals surface area contributed by atoms with E-state index in [1.165, 1.54) is 39.1 Å². The zero-order valence-corrected chi connectivity index (χ0v) is 43.3. The Labute approximate surface area is 423 Å². The van der Waals surface area contributed by atoms with Gasteiger partial charge in [0.25, 0.3) is 0 Å². The minimum absolute atomic E-state index is 0. The molecule has 0 amide bonds. The number of hydrogen-bond acceptors (Lipinski definition) is 4. The van der Waals surface area contributed by atoms with Crippen LogP contribution in [0.15, 0.2) is 194 Å². The molecule has 0 atom stereocenters. The summed E-state index contributed by atoms with van der Waals surface area (Å²) in [6.07, 6.45) is 4.16. The van der Waals surface area contributed by atoms with E-state index in [0.29, 0.717) is 11.5 Å². The fourth-order valence-corrected chi connectivity index (χ4v) is 9.71. The minimum Gasteiger partial charge on any atom is -0.509 e. The van der Waals surface area contributed by atoms with Crippen LogP contribution in [-0.2, 0) is 37.3 Å². The number of pyridine rings is 1. The van der Waals surface area contributed by atoms with Crippen molar-refractivity contribution in [3.8, 4) is 17.3 Å². The first-order valence-corrected chi connectivity index (χ1v) is 23.7. The summed E-state index contributed by atoms with van der Waals surface area (Å²) < 4.78 is 8.89. The number of fused-ring (bicyclic) bond motifs is 3. The third kappa shape index (κ3) is 8.94. The van der Waals surface area contributed by atoms with Crippen LogP contribution >= 0.6 is 0 Å². The van der Waals surface area contributed by atoms with Crippen LogP contribution in [0.1, 0.15) is 95.7 Å². The van der Waals surface area contributed by atoms with E-state index in [2.05, 4.69) is 259 Å². The van der Waals surface area contributed by atoms with Gasteiger partial charge in [0.15, 0.2) is 0 Å². The molecule has 2 aromatic heterocycles. The molecule has 1 aliphatic rings. The maximum atomic E-state index is 6.69. The van der Waals surface area contributed by atoms with Crippen LogP contribution in [0.25, 0.3) is 27.6 Å². The predicted molar refractivity (Wildman–Crippen MR) is 282 cm³/mol. The summed E-state index contributed by atoms with van der Waals surface area (Å²) in [4.78, 5) is 9.48. The zero-order chi connectivity index (χ0) is 47.4. The van der Waals surface area contributed by atoms with Crippen molar-refractivity contribution in [1.29, 1.82) is 0 Å². The number of aromatic nitrogens is 2. The average Bonchev–Trinajstić information content (AvgIpc) is 3.96. The van der Waals surface area contributed by atoms with Crippen molar-refractivity contribution < 1.29 is 25.8 Å². The van der Waals surface area contributed by atoms with Gasteiger partial charge in [0.2, 0.25) is 0 Å². The standard InChI is InChI=1S/C63H59N4O.Pt/c1-60(2,3)58-42-65(43-66(58)51-37-48(62(6,7)45-24-15-11-16-25-45)36-49(38-51)63(8,9)46-26-17-12-18-27-46)50-28-21-29-52(40-50)68-53-32-33-55-54-30-19-20-31-56(54)67(57(55)41-53)59-39-47(34-35-64-59)61(4,5)44-22-13-10-14-23-44;/h10-39,42-43H,1-9H3;/q-3;. The Kier molecular flexibility index (Phi) is 12.6. The molecule has 5 nitrogen and oxygen atoms in total. The smallest absolute Gasteiger partial charge is 0.135 e. The third-order valence-electron chi connectivity index (χ3n) is 14.2. The Balaban J connectivity index is 0.00000593. The van der Waals surface area contributed by atoms with Gasteiger partial charge in [0.05, 0.1) is 0 Å². The van der Waals surface area contributed by atoms with E-state index in [4.69, 9.17) is 9.72 Å². The van der Waals surface area contributed by atoms with Gasteiger partial charge < -0.3 is 19.1 Å². The molecule has 0 saturated heterocycles. The molecular weight excluding hydrogens is 1020 g/mol. The number of benzene rings is 7. The van der Waals surface area contributed by atoms with Gasteiger partial charge in [0, 0.05) is 77.3 Å². The number of rotatable bonds is 11. The summed E-state index contributed by atoms with van der Waals surface area (Å²) in [6, 6.07) is 69.8. The van der Waals surface area contributed by atoms with Gasteiger partial charge >= 0.3 is 0 Å². The Morgan fingerprint density at radius 2 is 1.04 bits per heavy atom. The van der Waals surface area contributed by atoms with Crippen molar-refractivity contribution in [2.24, 2.45) is 5.41 Å². The Morgan fingerprint density at radius 1 is 0.493 bits per heavy atom. The first-order valence-electron chi connectivity index (χ1n) is 23.7. The van der Waals surface area contributed by atoms with Crippen LogP contribution in [-0.4, -0.2) is 9.55 Å². The normalized spacial score (nSPS) is 13.4. The van der Waals surface area contributed by atoms with E-state index in [1.54, 1.807) is 0 Å². The van der Waals surface area contributed by atoms with E-state index < -0.39 is 0 Å². The molecule has 350 valence electrons. The maximum Gasteiger partial charge on any atom is 0.135 e. The largest absolute Gasteiger partial charge is 0.509 e. The maximum absolute atomic E-state index is 6.69. The van der Waals surface area contributed by atoms with Gasteiger partial charge in [-0.15, -0.1) is 48.1 Å². The second kappa shape index (κ2) is 18.3. The molecule has 9 aromatic rings. The molecule has 0 saturated carbocycles. The summed E-state index contributed by atoms with van der Waals surface area (Å²) in [7, 11) is 0. The average molecular weight is 1080 g/mol.